The Balaban J connectivity index is 3.05. The lowest BCUT2D eigenvalue weighted by molar-refractivity contribution is 0.265. The number of aryl methyl sites for hydroxylation is 1. The first kappa shape index (κ1) is 11.2. The molecule has 0 saturated carbocycles. The van der Waals surface area contributed by atoms with Gasteiger partial charge in [0.05, 0.1) is 0 Å². The minimum absolute atomic E-state index is 0.145. The van der Waals surface area contributed by atoms with Crippen LogP contribution in [0.4, 0.5) is 0 Å². The van der Waals surface area contributed by atoms with Crippen molar-refractivity contribution in [3.63, 3.8) is 0 Å². The second-order valence-corrected chi connectivity index (χ2v) is 4.12. The van der Waals surface area contributed by atoms with E-state index in [4.69, 9.17) is 5.73 Å². The SMILES string of the molecule is Cc1ccccc1[C@@H]([C@H](C)N)N(C)C. The Bertz CT molecular complexity index is 284. The lowest BCUT2D eigenvalue weighted by atomic mass is 9.96. The molecule has 0 saturated heterocycles. The summed E-state index contributed by atoms with van der Waals surface area (Å²) >= 11 is 0. The van der Waals surface area contributed by atoms with E-state index < -0.39 is 0 Å². The number of likely N-dealkylation sites (N-methyl/N-ethyl adjacent to an activating group) is 1. The highest BCUT2D eigenvalue weighted by Crippen LogP contribution is 2.23. The molecule has 1 aromatic carbocycles. The maximum absolute atomic E-state index is 6.00. The fourth-order valence-electron chi connectivity index (χ4n) is 1.95. The summed E-state index contributed by atoms with van der Waals surface area (Å²) in [4.78, 5) is 2.17. The van der Waals surface area contributed by atoms with Crippen LogP contribution in [0, 0.1) is 6.92 Å². The number of nitrogens with zero attached hydrogens (tertiary/aromatic N) is 1. The number of hydrogen-bond acceptors (Lipinski definition) is 2. The van der Waals surface area contributed by atoms with Gasteiger partial charge in [-0.3, -0.25) is 0 Å². The van der Waals surface area contributed by atoms with Crippen LogP contribution in [0.15, 0.2) is 24.3 Å². The van der Waals surface area contributed by atoms with Crippen molar-refractivity contribution in [1.29, 1.82) is 0 Å². The van der Waals surface area contributed by atoms with Crippen LogP contribution in [0.5, 0.6) is 0 Å². The molecule has 0 aliphatic heterocycles. The van der Waals surface area contributed by atoms with Gasteiger partial charge in [-0.05, 0) is 39.1 Å². The number of rotatable bonds is 3. The third-order valence-corrected chi connectivity index (χ3v) is 2.56. The van der Waals surface area contributed by atoms with E-state index in [0.717, 1.165) is 0 Å². The number of benzene rings is 1. The standard InChI is InChI=1S/C12H20N2/c1-9-7-5-6-8-11(9)12(10(2)13)14(3)4/h5-8,10,12H,13H2,1-4H3/t10-,12+/m0/s1. The van der Waals surface area contributed by atoms with Gasteiger partial charge in [0.15, 0.2) is 0 Å². The van der Waals surface area contributed by atoms with Crippen molar-refractivity contribution in [3.8, 4) is 0 Å². The fraction of sp³-hybridized carbons (Fsp3) is 0.500. The summed E-state index contributed by atoms with van der Waals surface area (Å²) < 4.78 is 0. The van der Waals surface area contributed by atoms with Gasteiger partial charge in [0.1, 0.15) is 0 Å². The van der Waals surface area contributed by atoms with Crippen molar-refractivity contribution < 1.29 is 0 Å². The van der Waals surface area contributed by atoms with Gasteiger partial charge in [0.25, 0.3) is 0 Å². The molecule has 0 spiro atoms. The molecule has 0 amide bonds. The highest BCUT2D eigenvalue weighted by Gasteiger charge is 2.19. The molecular formula is C12H20N2. The quantitative estimate of drug-likeness (QED) is 0.793. The highest BCUT2D eigenvalue weighted by atomic mass is 15.1. The monoisotopic (exact) mass is 192 g/mol. The van der Waals surface area contributed by atoms with Crippen LogP contribution in [0.1, 0.15) is 24.1 Å². The molecule has 2 nitrogen and oxygen atoms in total. The summed E-state index contributed by atoms with van der Waals surface area (Å²) in [7, 11) is 4.14. The second-order valence-electron chi connectivity index (χ2n) is 4.12. The van der Waals surface area contributed by atoms with Gasteiger partial charge < -0.3 is 10.6 Å². The first-order valence-electron chi connectivity index (χ1n) is 5.01. The molecule has 2 heteroatoms. The van der Waals surface area contributed by atoms with Crippen LogP contribution in [-0.2, 0) is 0 Å². The first-order chi connectivity index (χ1) is 6.54. The molecule has 0 aliphatic carbocycles. The van der Waals surface area contributed by atoms with E-state index >= 15 is 0 Å². The fourth-order valence-corrected chi connectivity index (χ4v) is 1.95. The van der Waals surface area contributed by atoms with Gasteiger partial charge in [0.2, 0.25) is 0 Å². The minimum atomic E-state index is 0.145. The van der Waals surface area contributed by atoms with Crippen LogP contribution >= 0.6 is 0 Å². The van der Waals surface area contributed by atoms with Crippen molar-refractivity contribution in [3.05, 3.63) is 35.4 Å². The molecule has 1 rings (SSSR count). The first-order valence-corrected chi connectivity index (χ1v) is 5.01. The van der Waals surface area contributed by atoms with E-state index in [1.54, 1.807) is 0 Å². The Morgan fingerprint density at radius 3 is 2.21 bits per heavy atom. The molecule has 0 heterocycles. The summed E-state index contributed by atoms with van der Waals surface area (Å²) in [5, 5.41) is 0. The molecule has 2 N–H and O–H groups in total. The Hall–Kier alpha value is -0.860. The summed E-state index contributed by atoms with van der Waals surface area (Å²) in [5.41, 5.74) is 8.63. The van der Waals surface area contributed by atoms with Crippen LogP contribution in [0.2, 0.25) is 0 Å². The smallest absolute Gasteiger partial charge is 0.0493 e. The topological polar surface area (TPSA) is 29.3 Å². The molecule has 14 heavy (non-hydrogen) atoms. The average molecular weight is 192 g/mol. The molecule has 0 unspecified atom stereocenters. The van der Waals surface area contributed by atoms with Crippen molar-refractivity contribution in [1.82, 2.24) is 4.90 Å². The molecule has 0 aliphatic rings. The molecule has 2 atom stereocenters. The molecule has 0 bridgehead atoms. The minimum Gasteiger partial charge on any atom is -0.326 e. The second kappa shape index (κ2) is 4.58. The van der Waals surface area contributed by atoms with Crippen molar-refractivity contribution in [2.24, 2.45) is 5.73 Å². The maximum Gasteiger partial charge on any atom is 0.0493 e. The highest BCUT2D eigenvalue weighted by molar-refractivity contribution is 5.29. The van der Waals surface area contributed by atoms with Crippen molar-refractivity contribution >= 4 is 0 Å². The Morgan fingerprint density at radius 2 is 1.79 bits per heavy atom. The molecule has 78 valence electrons. The van der Waals surface area contributed by atoms with Crippen LogP contribution in [-0.4, -0.2) is 25.0 Å². The largest absolute Gasteiger partial charge is 0.326 e. The zero-order valence-electron chi connectivity index (χ0n) is 9.49. The van der Waals surface area contributed by atoms with Crippen LogP contribution < -0.4 is 5.73 Å². The maximum atomic E-state index is 6.00. The summed E-state index contributed by atoms with van der Waals surface area (Å²) in [6.45, 7) is 4.19. The third-order valence-electron chi connectivity index (χ3n) is 2.56. The van der Waals surface area contributed by atoms with E-state index in [1.807, 2.05) is 0 Å². The zero-order valence-corrected chi connectivity index (χ0v) is 9.49. The van der Waals surface area contributed by atoms with Gasteiger partial charge in [-0.25, -0.2) is 0 Å². The zero-order chi connectivity index (χ0) is 10.7. The summed E-state index contributed by atoms with van der Waals surface area (Å²) in [6, 6.07) is 8.87. The van der Waals surface area contributed by atoms with Crippen LogP contribution in [0.25, 0.3) is 0 Å². The van der Waals surface area contributed by atoms with E-state index in [-0.39, 0.29) is 6.04 Å². The van der Waals surface area contributed by atoms with Gasteiger partial charge in [-0.1, -0.05) is 24.3 Å². The van der Waals surface area contributed by atoms with Crippen molar-refractivity contribution in [2.45, 2.75) is 25.9 Å². The Kier molecular flexibility index (Phi) is 3.67. The number of hydrogen-bond donors (Lipinski definition) is 1. The summed E-state index contributed by atoms with van der Waals surface area (Å²) in [6.07, 6.45) is 0. The Labute approximate surface area is 86.7 Å². The van der Waals surface area contributed by atoms with Crippen molar-refractivity contribution in [2.75, 3.05) is 14.1 Å². The van der Waals surface area contributed by atoms with Gasteiger partial charge in [-0.15, -0.1) is 0 Å². The predicted octanol–water partition coefficient (Wildman–Crippen LogP) is 1.94. The van der Waals surface area contributed by atoms with E-state index in [0.29, 0.717) is 6.04 Å². The molecule has 1 aromatic rings. The molecular weight excluding hydrogens is 172 g/mol. The number of nitrogens with two attached hydrogens (primary N) is 1. The van der Waals surface area contributed by atoms with Crippen LogP contribution in [0.3, 0.4) is 0 Å². The van der Waals surface area contributed by atoms with Gasteiger partial charge in [-0.2, -0.15) is 0 Å². The predicted molar refractivity (Wildman–Crippen MR) is 61.3 cm³/mol. The van der Waals surface area contributed by atoms with E-state index in [1.165, 1.54) is 11.1 Å². The van der Waals surface area contributed by atoms with E-state index in [9.17, 15) is 0 Å². The molecule has 0 aromatic heterocycles. The van der Waals surface area contributed by atoms with Gasteiger partial charge >= 0.3 is 0 Å². The summed E-state index contributed by atoms with van der Waals surface area (Å²) in [5.74, 6) is 0. The molecule has 0 fully saturated rings. The normalized spacial score (nSPS) is 15.6. The lowest BCUT2D eigenvalue weighted by Gasteiger charge is -2.29. The van der Waals surface area contributed by atoms with Gasteiger partial charge in [0, 0.05) is 12.1 Å². The molecule has 0 radical (unpaired) electrons. The average Bonchev–Trinajstić information content (AvgIpc) is 2.07. The third kappa shape index (κ3) is 2.34. The van der Waals surface area contributed by atoms with E-state index in [2.05, 4.69) is 57.1 Å². The lowest BCUT2D eigenvalue weighted by Crippen LogP contribution is -2.35. The Morgan fingerprint density at radius 1 is 1.21 bits per heavy atom.